The Balaban J connectivity index is 2.43. The van der Waals surface area contributed by atoms with Crippen molar-refractivity contribution >= 4 is 0 Å². The van der Waals surface area contributed by atoms with E-state index in [0.717, 1.165) is 37.3 Å². The third kappa shape index (κ3) is 4.29. The highest BCUT2D eigenvalue weighted by Crippen LogP contribution is 2.10. The van der Waals surface area contributed by atoms with Gasteiger partial charge in [0.25, 0.3) is 0 Å². The van der Waals surface area contributed by atoms with Gasteiger partial charge < -0.3 is 10.2 Å². The Bertz CT molecular complexity index is 326. The first kappa shape index (κ1) is 13.1. The lowest BCUT2D eigenvalue weighted by molar-refractivity contribution is 0.325. The number of nitrogens with zero attached hydrogens (tertiary/aromatic N) is 1. The monoisotopic (exact) mass is 224 g/mol. The van der Waals surface area contributed by atoms with Crippen LogP contribution < -0.4 is 5.32 Å². The van der Waals surface area contributed by atoms with Crippen molar-refractivity contribution in [2.75, 3.05) is 26.7 Å². The van der Waals surface area contributed by atoms with Crippen molar-refractivity contribution in [2.45, 2.75) is 20.4 Å². The number of aryl methyl sites for hydroxylation is 1. The van der Waals surface area contributed by atoms with Gasteiger partial charge in [0.15, 0.2) is 0 Å². The Morgan fingerprint density at radius 2 is 2.12 bits per heavy atom. The predicted octanol–water partition coefficient (Wildman–Crippen LogP) is 2.18. The molecule has 0 unspecified atom stereocenters. The summed E-state index contributed by atoms with van der Waals surface area (Å²) in [5.41, 5.74) is 1.88. The van der Waals surface area contributed by atoms with Crippen molar-refractivity contribution in [3.63, 3.8) is 0 Å². The van der Waals surface area contributed by atoms with Gasteiger partial charge in [-0.1, -0.05) is 19.1 Å². The molecule has 0 aliphatic rings. The van der Waals surface area contributed by atoms with Gasteiger partial charge in [-0.3, -0.25) is 0 Å². The molecule has 2 nitrogen and oxygen atoms in total. The topological polar surface area (TPSA) is 15.3 Å². The van der Waals surface area contributed by atoms with E-state index >= 15 is 0 Å². The Labute approximate surface area is 97.5 Å². The van der Waals surface area contributed by atoms with E-state index in [0.29, 0.717) is 0 Å². The summed E-state index contributed by atoms with van der Waals surface area (Å²) in [6, 6.07) is 5.31. The van der Waals surface area contributed by atoms with Crippen LogP contribution in [0.2, 0.25) is 0 Å². The summed E-state index contributed by atoms with van der Waals surface area (Å²) in [6.07, 6.45) is 0. The first-order chi connectivity index (χ1) is 7.63. The molecule has 0 radical (unpaired) electrons. The van der Waals surface area contributed by atoms with Gasteiger partial charge in [-0.2, -0.15) is 0 Å². The van der Waals surface area contributed by atoms with Crippen molar-refractivity contribution in [1.29, 1.82) is 0 Å². The van der Waals surface area contributed by atoms with Crippen LogP contribution in [-0.4, -0.2) is 31.6 Å². The number of hydrogen-bond donors (Lipinski definition) is 1. The molecule has 0 aliphatic carbocycles. The second kappa shape index (κ2) is 6.61. The average molecular weight is 224 g/mol. The molecular weight excluding hydrogens is 203 g/mol. The molecule has 0 saturated heterocycles. The minimum Gasteiger partial charge on any atom is -0.316 e. The second-order valence-corrected chi connectivity index (χ2v) is 4.17. The van der Waals surface area contributed by atoms with Crippen molar-refractivity contribution in [3.8, 4) is 0 Å². The molecule has 16 heavy (non-hydrogen) atoms. The lowest BCUT2D eigenvalue weighted by Gasteiger charge is -2.17. The Morgan fingerprint density at radius 1 is 1.38 bits per heavy atom. The third-order valence-electron chi connectivity index (χ3n) is 2.60. The molecule has 3 heteroatoms. The molecule has 0 heterocycles. The van der Waals surface area contributed by atoms with Gasteiger partial charge in [-0.15, -0.1) is 0 Å². The summed E-state index contributed by atoms with van der Waals surface area (Å²) in [5.74, 6) is -0.126. The van der Waals surface area contributed by atoms with Gasteiger partial charge in [0.2, 0.25) is 0 Å². The summed E-state index contributed by atoms with van der Waals surface area (Å²) in [6.45, 7) is 7.77. The van der Waals surface area contributed by atoms with E-state index in [-0.39, 0.29) is 5.82 Å². The fourth-order valence-electron chi connectivity index (χ4n) is 1.64. The molecule has 0 saturated carbocycles. The fourth-order valence-corrected chi connectivity index (χ4v) is 1.64. The molecule has 90 valence electrons. The minimum atomic E-state index is -0.126. The molecule has 0 aromatic heterocycles. The zero-order chi connectivity index (χ0) is 12.0. The first-order valence-electron chi connectivity index (χ1n) is 5.77. The fraction of sp³-hybridized carbons (Fsp3) is 0.538. The lowest BCUT2D eigenvalue weighted by atomic mass is 10.1. The highest BCUT2D eigenvalue weighted by Gasteiger charge is 2.02. The SMILES string of the molecule is CCNCCN(C)Cc1ccc(F)c(C)c1. The van der Waals surface area contributed by atoms with E-state index in [9.17, 15) is 4.39 Å². The molecule has 0 aliphatic heterocycles. The van der Waals surface area contributed by atoms with E-state index in [4.69, 9.17) is 0 Å². The van der Waals surface area contributed by atoms with Crippen LogP contribution in [0.25, 0.3) is 0 Å². The molecule has 0 amide bonds. The zero-order valence-corrected chi connectivity index (χ0v) is 10.4. The summed E-state index contributed by atoms with van der Waals surface area (Å²) >= 11 is 0. The van der Waals surface area contributed by atoms with Crippen molar-refractivity contribution in [3.05, 3.63) is 35.1 Å². The highest BCUT2D eigenvalue weighted by atomic mass is 19.1. The van der Waals surface area contributed by atoms with E-state index in [1.165, 1.54) is 0 Å². The number of hydrogen-bond acceptors (Lipinski definition) is 2. The van der Waals surface area contributed by atoms with Crippen LogP contribution in [0.1, 0.15) is 18.1 Å². The van der Waals surface area contributed by atoms with Gasteiger partial charge in [0.05, 0.1) is 0 Å². The van der Waals surface area contributed by atoms with Crippen LogP contribution in [0.3, 0.4) is 0 Å². The lowest BCUT2D eigenvalue weighted by Crippen LogP contribution is -2.28. The summed E-state index contributed by atoms with van der Waals surface area (Å²) in [7, 11) is 2.08. The standard InChI is InChI=1S/C13H21FN2/c1-4-15-7-8-16(3)10-12-5-6-13(14)11(2)9-12/h5-6,9,15H,4,7-8,10H2,1-3H3. The Morgan fingerprint density at radius 3 is 2.75 bits per heavy atom. The number of benzene rings is 1. The molecule has 0 bridgehead atoms. The molecule has 1 aromatic carbocycles. The van der Waals surface area contributed by atoms with Gasteiger partial charge in [-0.05, 0) is 37.7 Å². The predicted molar refractivity (Wildman–Crippen MR) is 66.0 cm³/mol. The van der Waals surface area contributed by atoms with Crippen molar-refractivity contribution in [2.24, 2.45) is 0 Å². The van der Waals surface area contributed by atoms with Gasteiger partial charge in [-0.25, -0.2) is 4.39 Å². The maximum Gasteiger partial charge on any atom is 0.126 e. The zero-order valence-electron chi connectivity index (χ0n) is 10.4. The van der Waals surface area contributed by atoms with E-state index in [1.807, 2.05) is 12.1 Å². The highest BCUT2D eigenvalue weighted by molar-refractivity contribution is 5.23. The maximum atomic E-state index is 13.1. The van der Waals surface area contributed by atoms with E-state index in [1.54, 1.807) is 13.0 Å². The first-order valence-corrected chi connectivity index (χ1v) is 5.77. The Hall–Kier alpha value is -0.930. The van der Waals surface area contributed by atoms with E-state index < -0.39 is 0 Å². The smallest absolute Gasteiger partial charge is 0.126 e. The Kier molecular flexibility index (Phi) is 5.43. The average Bonchev–Trinajstić information content (AvgIpc) is 2.24. The minimum absolute atomic E-state index is 0.126. The van der Waals surface area contributed by atoms with Crippen LogP contribution in [-0.2, 0) is 6.54 Å². The van der Waals surface area contributed by atoms with Gasteiger partial charge >= 0.3 is 0 Å². The second-order valence-electron chi connectivity index (χ2n) is 4.17. The van der Waals surface area contributed by atoms with Gasteiger partial charge in [0.1, 0.15) is 5.82 Å². The number of likely N-dealkylation sites (N-methyl/N-ethyl adjacent to an activating group) is 2. The molecule has 1 N–H and O–H groups in total. The summed E-state index contributed by atoms with van der Waals surface area (Å²) in [5, 5.41) is 3.28. The van der Waals surface area contributed by atoms with Crippen LogP contribution in [0.15, 0.2) is 18.2 Å². The van der Waals surface area contributed by atoms with Crippen LogP contribution in [0.4, 0.5) is 4.39 Å². The maximum absolute atomic E-state index is 13.1. The summed E-state index contributed by atoms with van der Waals surface area (Å²) < 4.78 is 13.1. The molecular formula is C13H21FN2. The molecule has 0 fully saturated rings. The third-order valence-corrected chi connectivity index (χ3v) is 2.60. The number of rotatable bonds is 6. The van der Waals surface area contributed by atoms with Crippen molar-refractivity contribution < 1.29 is 4.39 Å². The number of halogens is 1. The normalized spacial score (nSPS) is 11.1. The van der Waals surface area contributed by atoms with Crippen LogP contribution >= 0.6 is 0 Å². The summed E-state index contributed by atoms with van der Waals surface area (Å²) in [4.78, 5) is 2.23. The number of nitrogens with one attached hydrogen (secondary N) is 1. The van der Waals surface area contributed by atoms with E-state index in [2.05, 4.69) is 24.2 Å². The molecule has 1 rings (SSSR count). The van der Waals surface area contributed by atoms with Crippen molar-refractivity contribution in [1.82, 2.24) is 10.2 Å². The molecule has 0 spiro atoms. The van der Waals surface area contributed by atoms with Gasteiger partial charge in [0, 0.05) is 19.6 Å². The van der Waals surface area contributed by atoms with Crippen LogP contribution in [0.5, 0.6) is 0 Å². The molecule has 0 atom stereocenters. The molecule has 1 aromatic rings. The van der Waals surface area contributed by atoms with Crippen LogP contribution in [0, 0.1) is 12.7 Å². The largest absolute Gasteiger partial charge is 0.316 e. The quantitative estimate of drug-likeness (QED) is 0.745.